The fourth-order valence-corrected chi connectivity index (χ4v) is 2.65. The van der Waals surface area contributed by atoms with Crippen molar-refractivity contribution < 1.29 is 0 Å². The van der Waals surface area contributed by atoms with Crippen molar-refractivity contribution in [3.8, 4) is 22.4 Å². The number of benzene rings is 1. The van der Waals surface area contributed by atoms with Gasteiger partial charge in [0.1, 0.15) is 12.0 Å². The Kier molecular flexibility index (Phi) is 2.57. The minimum atomic E-state index is 0.833. The van der Waals surface area contributed by atoms with Crippen LogP contribution in [-0.2, 0) is 0 Å². The van der Waals surface area contributed by atoms with Crippen molar-refractivity contribution >= 4 is 11.0 Å². The Morgan fingerprint density at radius 3 is 2.71 bits per heavy atom. The molecule has 0 spiro atoms. The molecule has 0 saturated heterocycles. The molecule has 1 aromatic carbocycles. The number of aryl methyl sites for hydroxylation is 1. The average molecular weight is 275 g/mol. The second-order valence-electron chi connectivity index (χ2n) is 4.95. The van der Waals surface area contributed by atoms with Crippen molar-refractivity contribution in [1.82, 2.24) is 25.1 Å². The lowest BCUT2D eigenvalue weighted by atomic mass is 9.99. The zero-order valence-corrected chi connectivity index (χ0v) is 11.5. The van der Waals surface area contributed by atoms with Gasteiger partial charge < -0.3 is 4.98 Å². The molecule has 102 valence electrons. The molecule has 0 saturated carbocycles. The van der Waals surface area contributed by atoms with Crippen LogP contribution in [0.2, 0.25) is 0 Å². The van der Waals surface area contributed by atoms with Crippen molar-refractivity contribution in [2.75, 3.05) is 0 Å². The highest BCUT2D eigenvalue weighted by Gasteiger charge is 2.15. The Balaban J connectivity index is 2.06. The van der Waals surface area contributed by atoms with E-state index < -0.39 is 0 Å². The van der Waals surface area contributed by atoms with Gasteiger partial charge in [-0.3, -0.25) is 5.10 Å². The summed E-state index contributed by atoms with van der Waals surface area (Å²) >= 11 is 0. The van der Waals surface area contributed by atoms with Crippen LogP contribution in [0.5, 0.6) is 0 Å². The van der Waals surface area contributed by atoms with Crippen LogP contribution < -0.4 is 0 Å². The maximum absolute atomic E-state index is 4.45. The lowest BCUT2D eigenvalue weighted by molar-refractivity contribution is 1.09. The average Bonchev–Trinajstić information content (AvgIpc) is 3.17. The zero-order chi connectivity index (χ0) is 14.2. The maximum atomic E-state index is 4.45. The molecule has 0 bridgehead atoms. The third-order valence-corrected chi connectivity index (χ3v) is 3.68. The molecule has 5 nitrogen and oxygen atoms in total. The molecule has 3 aromatic heterocycles. The first-order chi connectivity index (χ1) is 10.3. The molecule has 4 aromatic rings. The van der Waals surface area contributed by atoms with Gasteiger partial charge in [0.2, 0.25) is 0 Å². The summed E-state index contributed by atoms with van der Waals surface area (Å²) < 4.78 is 0. The number of rotatable bonds is 2. The lowest BCUT2D eigenvalue weighted by Gasteiger charge is -2.06. The van der Waals surface area contributed by atoms with E-state index in [2.05, 4.69) is 44.2 Å². The van der Waals surface area contributed by atoms with E-state index in [1.54, 1.807) is 12.5 Å². The SMILES string of the molecule is Cc1ccccc1-c1c[nH]c2ncnc(-c3cn[nH]c3)c12. The van der Waals surface area contributed by atoms with Crippen molar-refractivity contribution in [3.63, 3.8) is 0 Å². The molecule has 0 aliphatic heterocycles. The predicted molar refractivity (Wildman–Crippen MR) is 81.6 cm³/mol. The highest BCUT2D eigenvalue weighted by atomic mass is 15.1. The summed E-state index contributed by atoms with van der Waals surface area (Å²) in [6.07, 6.45) is 7.18. The zero-order valence-electron chi connectivity index (χ0n) is 11.5. The largest absolute Gasteiger partial charge is 0.345 e. The van der Waals surface area contributed by atoms with Crippen molar-refractivity contribution in [1.29, 1.82) is 0 Å². The lowest BCUT2D eigenvalue weighted by Crippen LogP contribution is -1.88. The summed E-state index contributed by atoms with van der Waals surface area (Å²) in [5.74, 6) is 0. The third kappa shape index (κ3) is 1.82. The summed E-state index contributed by atoms with van der Waals surface area (Å²) in [5, 5.41) is 7.87. The van der Waals surface area contributed by atoms with Gasteiger partial charge in [-0.15, -0.1) is 0 Å². The number of aromatic nitrogens is 5. The number of aromatic amines is 2. The molecule has 5 heteroatoms. The van der Waals surface area contributed by atoms with Crippen LogP contribution in [0.25, 0.3) is 33.4 Å². The third-order valence-electron chi connectivity index (χ3n) is 3.68. The molecule has 4 rings (SSSR count). The summed E-state index contributed by atoms with van der Waals surface area (Å²) in [6, 6.07) is 8.31. The van der Waals surface area contributed by atoms with Crippen molar-refractivity contribution in [2.45, 2.75) is 6.92 Å². The van der Waals surface area contributed by atoms with Gasteiger partial charge in [-0.05, 0) is 18.1 Å². The number of nitrogens with zero attached hydrogens (tertiary/aromatic N) is 3. The van der Waals surface area contributed by atoms with Crippen LogP contribution in [0, 0.1) is 6.92 Å². The summed E-state index contributed by atoms with van der Waals surface area (Å²) in [5.41, 5.74) is 6.19. The van der Waals surface area contributed by atoms with Crippen molar-refractivity contribution in [2.24, 2.45) is 0 Å². The normalized spacial score (nSPS) is 11.1. The quantitative estimate of drug-likeness (QED) is 0.589. The fraction of sp³-hybridized carbons (Fsp3) is 0.0625. The molecule has 0 fully saturated rings. The molecule has 0 aliphatic rings. The van der Waals surface area contributed by atoms with Gasteiger partial charge >= 0.3 is 0 Å². The Bertz CT molecular complexity index is 905. The van der Waals surface area contributed by atoms with Crippen LogP contribution in [-0.4, -0.2) is 25.1 Å². The first kappa shape index (κ1) is 11.8. The van der Waals surface area contributed by atoms with E-state index in [4.69, 9.17) is 0 Å². The Labute approximate surface area is 121 Å². The predicted octanol–water partition coefficient (Wildman–Crippen LogP) is 3.32. The molecule has 0 aliphatic carbocycles. The molecule has 0 unspecified atom stereocenters. The number of hydrogen-bond acceptors (Lipinski definition) is 3. The van der Waals surface area contributed by atoms with E-state index in [1.807, 2.05) is 24.5 Å². The topological polar surface area (TPSA) is 70.2 Å². The molecule has 3 heterocycles. The van der Waals surface area contributed by atoms with Gasteiger partial charge in [0.15, 0.2) is 0 Å². The maximum Gasteiger partial charge on any atom is 0.141 e. The highest BCUT2D eigenvalue weighted by Crippen LogP contribution is 2.35. The van der Waals surface area contributed by atoms with Crippen LogP contribution >= 0.6 is 0 Å². The number of nitrogens with one attached hydrogen (secondary N) is 2. The Morgan fingerprint density at radius 2 is 1.90 bits per heavy atom. The van der Waals surface area contributed by atoms with Crippen LogP contribution in [0.4, 0.5) is 0 Å². The summed E-state index contributed by atoms with van der Waals surface area (Å²) in [6.45, 7) is 2.11. The molecular formula is C16H13N5. The molecule has 2 N–H and O–H groups in total. The number of fused-ring (bicyclic) bond motifs is 1. The molecule has 21 heavy (non-hydrogen) atoms. The monoisotopic (exact) mass is 275 g/mol. The Hall–Kier alpha value is -2.95. The van der Waals surface area contributed by atoms with Gasteiger partial charge in [0, 0.05) is 23.5 Å². The minimum Gasteiger partial charge on any atom is -0.345 e. The smallest absolute Gasteiger partial charge is 0.141 e. The van der Waals surface area contributed by atoms with Crippen LogP contribution in [0.3, 0.4) is 0 Å². The van der Waals surface area contributed by atoms with Gasteiger partial charge in [0.05, 0.1) is 17.3 Å². The second kappa shape index (κ2) is 4.56. The first-order valence-corrected chi connectivity index (χ1v) is 6.72. The van der Waals surface area contributed by atoms with Gasteiger partial charge in [0.25, 0.3) is 0 Å². The standard InChI is InChI=1S/C16H13N5/c1-10-4-2-3-5-12(10)13-8-17-16-14(13)15(18-9-19-16)11-6-20-21-7-11/h2-9H,1H3,(H,20,21)(H,17,18,19). The van der Waals surface area contributed by atoms with Crippen LogP contribution in [0.15, 0.2) is 49.2 Å². The molecule has 0 amide bonds. The summed E-state index contributed by atoms with van der Waals surface area (Å²) in [4.78, 5) is 12.0. The molecular weight excluding hydrogens is 262 g/mol. The first-order valence-electron chi connectivity index (χ1n) is 6.72. The van der Waals surface area contributed by atoms with Gasteiger partial charge in [-0.1, -0.05) is 24.3 Å². The van der Waals surface area contributed by atoms with E-state index in [-0.39, 0.29) is 0 Å². The van der Waals surface area contributed by atoms with E-state index in [0.29, 0.717) is 0 Å². The van der Waals surface area contributed by atoms with E-state index in [0.717, 1.165) is 27.9 Å². The minimum absolute atomic E-state index is 0.833. The van der Waals surface area contributed by atoms with Gasteiger partial charge in [-0.2, -0.15) is 5.10 Å². The summed E-state index contributed by atoms with van der Waals surface area (Å²) in [7, 11) is 0. The van der Waals surface area contributed by atoms with Crippen molar-refractivity contribution in [3.05, 3.63) is 54.7 Å². The number of H-pyrrole nitrogens is 2. The van der Waals surface area contributed by atoms with E-state index in [1.165, 1.54) is 11.1 Å². The molecule has 0 atom stereocenters. The second-order valence-corrected chi connectivity index (χ2v) is 4.95. The Morgan fingerprint density at radius 1 is 1.00 bits per heavy atom. The van der Waals surface area contributed by atoms with Crippen LogP contribution in [0.1, 0.15) is 5.56 Å². The number of hydrogen-bond donors (Lipinski definition) is 2. The van der Waals surface area contributed by atoms with E-state index >= 15 is 0 Å². The van der Waals surface area contributed by atoms with Gasteiger partial charge in [-0.25, -0.2) is 9.97 Å². The fourth-order valence-electron chi connectivity index (χ4n) is 2.65. The van der Waals surface area contributed by atoms with E-state index in [9.17, 15) is 0 Å². The highest BCUT2D eigenvalue weighted by molar-refractivity contribution is 6.02. The molecule has 0 radical (unpaired) electrons.